The Morgan fingerprint density at radius 2 is 2.00 bits per heavy atom. The summed E-state index contributed by atoms with van der Waals surface area (Å²) in [5, 5.41) is 20.3. The molecule has 1 amide bonds. The molecule has 0 aliphatic heterocycles. The number of nitrogens with zero attached hydrogens (tertiary/aromatic N) is 2. The Labute approximate surface area is 169 Å². The van der Waals surface area contributed by atoms with Gasteiger partial charge in [0.1, 0.15) is 0 Å². The number of primary amides is 1. The average molecular weight is 446 g/mol. The van der Waals surface area contributed by atoms with E-state index in [4.69, 9.17) is 15.2 Å². The summed E-state index contributed by atoms with van der Waals surface area (Å²) in [7, 11) is 0. The zero-order valence-electron chi connectivity index (χ0n) is 14.8. The van der Waals surface area contributed by atoms with Gasteiger partial charge < -0.3 is 15.2 Å². The van der Waals surface area contributed by atoms with Gasteiger partial charge in [-0.2, -0.15) is 5.26 Å². The number of nitro groups is 1. The number of amides is 1. The lowest BCUT2D eigenvalue weighted by molar-refractivity contribution is -0.384. The Hall–Kier alpha value is -3.38. The number of hydrogen-bond acceptors (Lipinski definition) is 6. The zero-order valence-corrected chi connectivity index (χ0v) is 16.4. The molecule has 0 aliphatic rings. The molecular weight excluding hydrogens is 430 g/mol. The van der Waals surface area contributed by atoms with Gasteiger partial charge in [0, 0.05) is 12.1 Å². The highest BCUT2D eigenvalue weighted by Crippen LogP contribution is 2.38. The van der Waals surface area contributed by atoms with Gasteiger partial charge in [0.05, 0.1) is 27.6 Å². The summed E-state index contributed by atoms with van der Waals surface area (Å²) >= 11 is 3.37. The lowest BCUT2D eigenvalue weighted by atomic mass is 10.0. The minimum atomic E-state index is -0.622. The molecular formula is C19H16BrN3O5. The first-order chi connectivity index (χ1) is 13.3. The number of benzene rings is 2. The maximum absolute atomic E-state index is 11.0. The highest BCUT2D eigenvalue weighted by Gasteiger charge is 2.14. The van der Waals surface area contributed by atoms with Gasteiger partial charge in [0.25, 0.3) is 11.6 Å². The summed E-state index contributed by atoms with van der Waals surface area (Å²) in [6.07, 6.45) is 1.62. The molecule has 0 radical (unpaired) electrons. The zero-order chi connectivity index (χ0) is 20.7. The number of carbonyl (C=O) groups excluding carboxylic acids is 1. The van der Waals surface area contributed by atoms with Crippen molar-refractivity contribution in [2.75, 3.05) is 13.2 Å². The number of rotatable bonds is 8. The third-order valence-corrected chi connectivity index (χ3v) is 4.10. The molecule has 2 aromatic carbocycles. The minimum Gasteiger partial charge on any atom is -0.490 e. The molecule has 0 saturated heterocycles. The van der Waals surface area contributed by atoms with Gasteiger partial charge in [0.15, 0.2) is 18.1 Å². The van der Waals surface area contributed by atoms with Gasteiger partial charge in [-0.15, -0.1) is 0 Å². The number of halogens is 1. The molecule has 144 valence electrons. The van der Waals surface area contributed by atoms with Crippen molar-refractivity contribution in [3.63, 3.8) is 0 Å². The molecule has 2 rings (SSSR count). The summed E-state index contributed by atoms with van der Waals surface area (Å²) in [6, 6.07) is 11.1. The quantitative estimate of drug-likeness (QED) is 0.285. The van der Waals surface area contributed by atoms with Crippen LogP contribution < -0.4 is 15.2 Å². The molecule has 0 fully saturated rings. The minimum absolute atomic E-state index is 0.0571. The molecule has 0 heterocycles. The molecule has 0 atom stereocenters. The first-order valence-corrected chi connectivity index (χ1v) is 8.89. The van der Waals surface area contributed by atoms with E-state index in [1.807, 2.05) is 0 Å². The maximum Gasteiger partial charge on any atom is 0.269 e. The summed E-state index contributed by atoms with van der Waals surface area (Å²) in [5.74, 6) is 0.0836. The van der Waals surface area contributed by atoms with Gasteiger partial charge in [-0.05, 0) is 64.3 Å². The van der Waals surface area contributed by atoms with Crippen LogP contribution >= 0.6 is 15.9 Å². The van der Waals surface area contributed by atoms with Crippen LogP contribution in [0.1, 0.15) is 18.1 Å². The number of nitriles is 1. The molecule has 9 heteroatoms. The number of non-ortho nitro benzene ring substituents is 1. The van der Waals surface area contributed by atoms with Crippen molar-refractivity contribution in [2.24, 2.45) is 5.73 Å². The van der Waals surface area contributed by atoms with Crippen molar-refractivity contribution in [1.82, 2.24) is 0 Å². The molecule has 2 N–H and O–H groups in total. The van der Waals surface area contributed by atoms with E-state index in [0.717, 1.165) is 0 Å². The van der Waals surface area contributed by atoms with Crippen LogP contribution in [0.5, 0.6) is 11.5 Å². The van der Waals surface area contributed by atoms with E-state index in [9.17, 15) is 20.2 Å². The monoisotopic (exact) mass is 445 g/mol. The van der Waals surface area contributed by atoms with Crippen molar-refractivity contribution >= 4 is 39.2 Å². The third-order valence-electron chi connectivity index (χ3n) is 3.51. The first kappa shape index (κ1) is 20.9. The van der Waals surface area contributed by atoms with Crippen LogP contribution in [-0.2, 0) is 4.79 Å². The number of hydrogen-bond donors (Lipinski definition) is 1. The molecule has 8 nitrogen and oxygen atoms in total. The Kier molecular flexibility index (Phi) is 7.12. The van der Waals surface area contributed by atoms with Gasteiger partial charge in [-0.25, -0.2) is 0 Å². The van der Waals surface area contributed by atoms with E-state index in [1.54, 1.807) is 25.1 Å². The summed E-state index contributed by atoms with van der Waals surface area (Å²) in [6.45, 7) is 1.85. The topological polar surface area (TPSA) is 128 Å². The van der Waals surface area contributed by atoms with E-state index in [2.05, 4.69) is 22.0 Å². The van der Waals surface area contributed by atoms with Crippen LogP contribution in [-0.4, -0.2) is 24.0 Å². The first-order valence-electron chi connectivity index (χ1n) is 8.09. The second-order valence-corrected chi connectivity index (χ2v) is 6.35. The number of allylic oxidation sites excluding steroid dienone is 1. The van der Waals surface area contributed by atoms with Gasteiger partial charge in [-0.1, -0.05) is 0 Å². The number of carbonyl (C=O) groups is 1. The fraction of sp³-hybridized carbons (Fsp3) is 0.158. The number of nitro benzene ring substituents is 1. The largest absolute Gasteiger partial charge is 0.490 e. The van der Waals surface area contributed by atoms with Gasteiger partial charge in [0.2, 0.25) is 0 Å². The average Bonchev–Trinajstić information content (AvgIpc) is 2.65. The van der Waals surface area contributed by atoms with Crippen molar-refractivity contribution in [1.29, 1.82) is 5.26 Å². The summed E-state index contributed by atoms with van der Waals surface area (Å²) < 4.78 is 11.5. The molecule has 28 heavy (non-hydrogen) atoms. The van der Waals surface area contributed by atoms with Crippen LogP contribution in [0.25, 0.3) is 11.6 Å². The Bertz CT molecular complexity index is 965. The predicted molar refractivity (Wildman–Crippen MR) is 107 cm³/mol. The molecule has 0 unspecified atom stereocenters. The Morgan fingerprint density at radius 1 is 1.32 bits per heavy atom. The molecule has 0 spiro atoms. The number of nitrogens with two attached hydrogens (primary N) is 1. The molecule has 0 saturated carbocycles. The van der Waals surface area contributed by atoms with Crippen LogP contribution in [0, 0.1) is 21.4 Å². The van der Waals surface area contributed by atoms with Gasteiger partial charge >= 0.3 is 0 Å². The van der Waals surface area contributed by atoms with Crippen LogP contribution in [0.15, 0.2) is 40.9 Å². The van der Waals surface area contributed by atoms with E-state index in [0.29, 0.717) is 39.3 Å². The smallest absolute Gasteiger partial charge is 0.269 e. The molecule has 0 bridgehead atoms. The normalized spacial score (nSPS) is 10.8. The van der Waals surface area contributed by atoms with Gasteiger partial charge in [-0.3, -0.25) is 14.9 Å². The van der Waals surface area contributed by atoms with Crippen LogP contribution in [0.3, 0.4) is 0 Å². The van der Waals surface area contributed by atoms with Crippen molar-refractivity contribution in [3.05, 3.63) is 62.1 Å². The van der Waals surface area contributed by atoms with Crippen molar-refractivity contribution in [2.45, 2.75) is 6.92 Å². The lowest BCUT2D eigenvalue weighted by Crippen LogP contribution is -2.20. The Morgan fingerprint density at radius 3 is 2.54 bits per heavy atom. The molecule has 0 aliphatic carbocycles. The molecule has 2 aromatic rings. The summed E-state index contributed by atoms with van der Waals surface area (Å²) in [4.78, 5) is 21.2. The highest BCUT2D eigenvalue weighted by molar-refractivity contribution is 9.10. The van der Waals surface area contributed by atoms with Crippen molar-refractivity contribution < 1.29 is 19.2 Å². The third kappa shape index (κ3) is 5.31. The standard InChI is InChI=1S/C19H16BrN3O5/c1-2-27-17-9-12(8-16(20)19(17)28-11-18(22)24)7-14(10-21)13-3-5-15(6-4-13)23(25)26/h3-9H,2,11H2,1H3,(H2,22,24)/b14-7+. The summed E-state index contributed by atoms with van der Waals surface area (Å²) in [5.41, 5.74) is 6.55. The second kappa shape index (κ2) is 9.53. The van der Waals surface area contributed by atoms with E-state index in [1.165, 1.54) is 24.3 Å². The molecule has 0 aromatic heterocycles. The predicted octanol–water partition coefficient (Wildman–Crippen LogP) is 3.68. The maximum atomic E-state index is 11.0. The Balaban J connectivity index is 2.43. The SMILES string of the molecule is CCOc1cc(/C=C(\C#N)c2ccc([N+](=O)[O-])cc2)cc(Br)c1OCC(N)=O. The van der Waals surface area contributed by atoms with E-state index < -0.39 is 10.8 Å². The lowest BCUT2D eigenvalue weighted by Gasteiger charge is -2.14. The van der Waals surface area contributed by atoms with Crippen LogP contribution in [0.4, 0.5) is 5.69 Å². The number of ether oxygens (including phenoxy) is 2. The fourth-order valence-corrected chi connectivity index (χ4v) is 2.90. The van der Waals surface area contributed by atoms with E-state index >= 15 is 0 Å². The van der Waals surface area contributed by atoms with Crippen LogP contribution in [0.2, 0.25) is 0 Å². The highest BCUT2D eigenvalue weighted by atomic mass is 79.9. The fourth-order valence-electron chi connectivity index (χ4n) is 2.33. The van der Waals surface area contributed by atoms with E-state index in [-0.39, 0.29) is 12.3 Å². The second-order valence-electron chi connectivity index (χ2n) is 5.49. The van der Waals surface area contributed by atoms with Crippen molar-refractivity contribution in [3.8, 4) is 17.6 Å².